The third-order valence-electron chi connectivity index (χ3n) is 2.73. The minimum absolute atomic E-state index is 0.0262. The average Bonchev–Trinajstić information content (AvgIpc) is 2.75. The van der Waals surface area contributed by atoms with E-state index in [0.717, 1.165) is 12.2 Å². The lowest BCUT2D eigenvalue weighted by Crippen LogP contribution is -2.15. The number of Topliss-reactive ketones (excluding diaryl/α,β-unsaturated/α-hetero) is 1. The number of hydrogen-bond acceptors (Lipinski definition) is 4. The summed E-state index contributed by atoms with van der Waals surface area (Å²) in [4.78, 5) is 20.6. The van der Waals surface area contributed by atoms with Gasteiger partial charge in [-0.1, -0.05) is 19.9 Å². The number of pyridine rings is 1. The van der Waals surface area contributed by atoms with Crippen molar-refractivity contribution in [3.63, 3.8) is 0 Å². The maximum absolute atomic E-state index is 12.2. The molecule has 0 radical (unpaired) electrons. The van der Waals surface area contributed by atoms with Crippen LogP contribution < -0.4 is 0 Å². The molecule has 0 bridgehead atoms. The van der Waals surface area contributed by atoms with Crippen LogP contribution in [0.5, 0.6) is 0 Å². The minimum atomic E-state index is -0.0262. The van der Waals surface area contributed by atoms with E-state index in [0.29, 0.717) is 17.4 Å². The second-order valence-electron chi connectivity index (χ2n) is 5.02. The van der Waals surface area contributed by atoms with Crippen LogP contribution in [0.25, 0.3) is 0 Å². The Balaban J connectivity index is 2.13. The van der Waals surface area contributed by atoms with E-state index in [-0.39, 0.29) is 12.2 Å². The van der Waals surface area contributed by atoms with Crippen LogP contribution in [-0.2, 0) is 13.0 Å². The van der Waals surface area contributed by atoms with Gasteiger partial charge in [0.1, 0.15) is 17.8 Å². The molecule has 0 saturated carbocycles. The molecule has 0 aliphatic heterocycles. The molecule has 5 heteroatoms. The first kappa shape index (κ1) is 13.4. The van der Waals surface area contributed by atoms with Crippen LogP contribution in [0.4, 0.5) is 0 Å². The van der Waals surface area contributed by atoms with E-state index in [2.05, 4.69) is 28.9 Å². The monoisotopic (exact) mass is 258 g/mol. The molecule has 2 heterocycles. The molecular formula is C14H18N4O. The average molecular weight is 258 g/mol. The number of aryl methyl sites for hydroxylation is 1. The van der Waals surface area contributed by atoms with Crippen LogP contribution in [0, 0.1) is 12.8 Å². The molecule has 2 rings (SSSR count). The third kappa shape index (κ3) is 3.47. The number of carbonyl (C=O) groups is 1. The van der Waals surface area contributed by atoms with Crippen LogP contribution >= 0.6 is 0 Å². The van der Waals surface area contributed by atoms with Gasteiger partial charge < -0.3 is 0 Å². The van der Waals surface area contributed by atoms with Crippen molar-refractivity contribution in [3.05, 3.63) is 41.7 Å². The van der Waals surface area contributed by atoms with Crippen molar-refractivity contribution in [2.45, 2.75) is 33.7 Å². The highest BCUT2D eigenvalue weighted by Gasteiger charge is 2.14. The highest BCUT2D eigenvalue weighted by molar-refractivity contribution is 5.95. The Labute approximate surface area is 112 Å². The van der Waals surface area contributed by atoms with Crippen molar-refractivity contribution < 1.29 is 4.79 Å². The zero-order valence-corrected chi connectivity index (χ0v) is 11.5. The molecule has 100 valence electrons. The summed E-state index contributed by atoms with van der Waals surface area (Å²) in [5.41, 5.74) is 1.33. The van der Waals surface area contributed by atoms with Crippen molar-refractivity contribution in [2.75, 3.05) is 0 Å². The SMILES string of the molecule is Cc1cccc(C(=O)Cc2ncnn2CC(C)C)n1. The highest BCUT2D eigenvalue weighted by atomic mass is 16.1. The maximum atomic E-state index is 12.2. The normalized spacial score (nSPS) is 10.9. The fourth-order valence-electron chi connectivity index (χ4n) is 1.86. The number of hydrogen-bond donors (Lipinski definition) is 0. The Morgan fingerprint density at radius 3 is 2.84 bits per heavy atom. The van der Waals surface area contributed by atoms with Crippen LogP contribution in [0.15, 0.2) is 24.5 Å². The van der Waals surface area contributed by atoms with Gasteiger partial charge in [-0.15, -0.1) is 0 Å². The maximum Gasteiger partial charge on any atom is 0.188 e. The molecule has 2 aromatic rings. The summed E-state index contributed by atoms with van der Waals surface area (Å²) in [5, 5.41) is 4.15. The van der Waals surface area contributed by atoms with Gasteiger partial charge in [-0.3, -0.25) is 9.78 Å². The van der Waals surface area contributed by atoms with Gasteiger partial charge in [0.15, 0.2) is 5.78 Å². The third-order valence-corrected chi connectivity index (χ3v) is 2.73. The molecule has 0 unspecified atom stereocenters. The van der Waals surface area contributed by atoms with E-state index < -0.39 is 0 Å². The van der Waals surface area contributed by atoms with Gasteiger partial charge in [-0.2, -0.15) is 5.10 Å². The van der Waals surface area contributed by atoms with Crippen molar-refractivity contribution >= 4 is 5.78 Å². The summed E-state index contributed by atoms with van der Waals surface area (Å²) in [6, 6.07) is 5.45. The van der Waals surface area contributed by atoms with Crippen molar-refractivity contribution in [1.82, 2.24) is 19.7 Å². The molecule has 0 fully saturated rings. The van der Waals surface area contributed by atoms with Crippen LogP contribution in [0.3, 0.4) is 0 Å². The molecule has 0 spiro atoms. The Morgan fingerprint density at radius 1 is 1.37 bits per heavy atom. The van der Waals surface area contributed by atoms with Crippen molar-refractivity contribution in [2.24, 2.45) is 5.92 Å². The van der Waals surface area contributed by atoms with Gasteiger partial charge >= 0.3 is 0 Å². The lowest BCUT2D eigenvalue weighted by Gasteiger charge is -2.08. The summed E-state index contributed by atoms with van der Waals surface area (Å²) >= 11 is 0. The molecule has 19 heavy (non-hydrogen) atoms. The number of aromatic nitrogens is 4. The Kier molecular flexibility index (Phi) is 4.04. The number of nitrogens with zero attached hydrogens (tertiary/aromatic N) is 4. The zero-order valence-electron chi connectivity index (χ0n) is 11.5. The summed E-state index contributed by atoms with van der Waals surface area (Å²) in [7, 11) is 0. The number of ketones is 1. The van der Waals surface area contributed by atoms with Gasteiger partial charge in [-0.05, 0) is 25.0 Å². The number of rotatable bonds is 5. The number of carbonyl (C=O) groups excluding carboxylic acids is 1. The standard InChI is InChI=1S/C14H18N4O/c1-10(2)8-18-14(15-9-16-18)7-13(19)12-6-4-5-11(3)17-12/h4-6,9-10H,7-8H2,1-3H3. The van der Waals surface area contributed by atoms with Crippen LogP contribution in [0.2, 0.25) is 0 Å². The van der Waals surface area contributed by atoms with Crippen LogP contribution in [0.1, 0.15) is 35.9 Å². The first-order valence-electron chi connectivity index (χ1n) is 6.40. The van der Waals surface area contributed by atoms with Gasteiger partial charge in [0.25, 0.3) is 0 Å². The van der Waals surface area contributed by atoms with E-state index in [1.807, 2.05) is 19.1 Å². The van der Waals surface area contributed by atoms with Crippen LogP contribution in [-0.4, -0.2) is 25.5 Å². The van der Waals surface area contributed by atoms with Gasteiger partial charge in [0, 0.05) is 12.2 Å². The molecule has 0 saturated heterocycles. The van der Waals surface area contributed by atoms with Crippen molar-refractivity contribution in [3.8, 4) is 0 Å². The fourth-order valence-corrected chi connectivity index (χ4v) is 1.86. The fraction of sp³-hybridized carbons (Fsp3) is 0.429. The van der Waals surface area contributed by atoms with E-state index in [1.54, 1.807) is 10.7 Å². The smallest absolute Gasteiger partial charge is 0.188 e. The molecule has 0 atom stereocenters. The predicted octanol–water partition coefficient (Wildman–Crippen LogP) is 2.06. The van der Waals surface area contributed by atoms with E-state index in [9.17, 15) is 4.79 Å². The summed E-state index contributed by atoms with van der Waals surface area (Å²) < 4.78 is 1.79. The van der Waals surface area contributed by atoms with Crippen molar-refractivity contribution in [1.29, 1.82) is 0 Å². The Bertz CT molecular complexity index is 574. The molecule has 5 nitrogen and oxygen atoms in total. The highest BCUT2D eigenvalue weighted by Crippen LogP contribution is 2.06. The first-order valence-corrected chi connectivity index (χ1v) is 6.40. The van der Waals surface area contributed by atoms with E-state index in [4.69, 9.17) is 0 Å². The van der Waals surface area contributed by atoms with Gasteiger partial charge in [0.05, 0.1) is 6.42 Å². The van der Waals surface area contributed by atoms with Gasteiger partial charge in [0.2, 0.25) is 0 Å². The molecule has 0 aromatic carbocycles. The lowest BCUT2D eigenvalue weighted by molar-refractivity contribution is 0.0984. The van der Waals surface area contributed by atoms with Gasteiger partial charge in [-0.25, -0.2) is 9.67 Å². The quantitative estimate of drug-likeness (QED) is 0.770. The Morgan fingerprint density at radius 2 is 2.16 bits per heavy atom. The second-order valence-corrected chi connectivity index (χ2v) is 5.02. The summed E-state index contributed by atoms with van der Waals surface area (Å²) in [5.74, 6) is 1.14. The second kappa shape index (κ2) is 5.73. The Hall–Kier alpha value is -2.04. The summed E-state index contributed by atoms with van der Waals surface area (Å²) in [6.45, 7) is 6.85. The summed E-state index contributed by atoms with van der Waals surface area (Å²) in [6.07, 6.45) is 1.73. The topological polar surface area (TPSA) is 60.7 Å². The largest absolute Gasteiger partial charge is 0.292 e. The molecule has 2 aromatic heterocycles. The minimum Gasteiger partial charge on any atom is -0.292 e. The zero-order chi connectivity index (χ0) is 13.8. The predicted molar refractivity (Wildman–Crippen MR) is 71.9 cm³/mol. The lowest BCUT2D eigenvalue weighted by atomic mass is 10.1. The molecule has 0 aliphatic carbocycles. The van der Waals surface area contributed by atoms with E-state index in [1.165, 1.54) is 6.33 Å². The van der Waals surface area contributed by atoms with E-state index >= 15 is 0 Å². The first-order chi connectivity index (χ1) is 9.06. The molecule has 0 aliphatic rings. The molecule has 0 N–H and O–H groups in total. The molecular weight excluding hydrogens is 240 g/mol. The molecule has 0 amide bonds.